The second-order valence-electron chi connectivity index (χ2n) is 4.90. The highest BCUT2D eigenvalue weighted by atomic mass is 16.6. The summed E-state index contributed by atoms with van der Waals surface area (Å²) in [5.41, 5.74) is 0.851. The Labute approximate surface area is 105 Å². The Hall–Kier alpha value is -1.69. The van der Waals surface area contributed by atoms with Crippen molar-refractivity contribution < 1.29 is 10.0 Å². The Morgan fingerprint density at radius 2 is 2.28 bits per heavy atom. The summed E-state index contributed by atoms with van der Waals surface area (Å²) in [6.45, 7) is 2.59. The number of nitrogens with one attached hydrogen (secondary N) is 1. The summed E-state index contributed by atoms with van der Waals surface area (Å²) in [5, 5.41) is 22.9. The van der Waals surface area contributed by atoms with Crippen molar-refractivity contribution in [1.29, 1.82) is 0 Å². The Kier molecular flexibility index (Phi) is 3.47. The maximum Gasteiger partial charge on any atom is 0.311 e. The number of hydrogen-bond acceptors (Lipinski definition) is 5. The third-order valence-electron chi connectivity index (χ3n) is 3.44. The van der Waals surface area contributed by atoms with Gasteiger partial charge >= 0.3 is 5.69 Å². The summed E-state index contributed by atoms with van der Waals surface area (Å²) < 4.78 is 0. The lowest BCUT2D eigenvalue weighted by Crippen LogP contribution is -2.18. The van der Waals surface area contributed by atoms with Gasteiger partial charge in [0.1, 0.15) is 0 Å². The average molecular weight is 251 g/mol. The summed E-state index contributed by atoms with van der Waals surface area (Å²) in [7, 11) is 0. The molecule has 0 radical (unpaired) electrons. The smallest absolute Gasteiger partial charge is 0.311 e. The molecular weight excluding hydrogens is 234 g/mol. The van der Waals surface area contributed by atoms with Crippen LogP contribution >= 0.6 is 0 Å². The molecule has 0 unspecified atom stereocenters. The fourth-order valence-corrected chi connectivity index (χ4v) is 2.03. The van der Waals surface area contributed by atoms with Gasteiger partial charge in [0.15, 0.2) is 0 Å². The van der Waals surface area contributed by atoms with Crippen LogP contribution in [0.5, 0.6) is 0 Å². The molecule has 1 aliphatic carbocycles. The van der Waals surface area contributed by atoms with Crippen LogP contribution in [0.3, 0.4) is 0 Å². The predicted molar refractivity (Wildman–Crippen MR) is 67.5 cm³/mol. The number of rotatable bonds is 6. The molecule has 0 aliphatic heterocycles. The highest BCUT2D eigenvalue weighted by Gasteiger charge is 2.41. The van der Waals surface area contributed by atoms with Crippen LogP contribution in [0.25, 0.3) is 0 Å². The van der Waals surface area contributed by atoms with Crippen molar-refractivity contribution in [3.05, 3.63) is 27.9 Å². The standard InChI is InChI=1S/C12H17N3O3/c1-9-2-3-10(15(17)18)11(14-9)13-8-12(4-5-12)6-7-16/h2-3,16H,4-8H2,1H3,(H,13,14). The Bertz CT molecular complexity index is 458. The van der Waals surface area contributed by atoms with Crippen molar-refractivity contribution in [2.24, 2.45) is 5.41 Å². The number of nitrogens with zero attached hydrogens (tertiary/aromatic N) is 2. The molecule has 1 aromatic rings. The molecule has 0 spiro atoms. The maximum atomic E-state index is 10.9. The van der Waals surface area contributed by atoms with Gasteiger partial charge in [-0.15, -0.1) is 0 Å². The first-order chi connectivity index (χ1) is 8.56. The summed E-state index contributed by atoms with van der Waals surface area (Å²) in [6, 6.07) is 3.10. The first kappa shape index (κ1) is 12.8. The highest BCUT2D eigenvalue weighted by Crippen LogP contribution is 2.48. The zero-order valence-electron chi connectivity index (χ0n) is 10.3. The van der Waals surface area contributed by atoms with Crippen LogP contribution in [0, 0.1) is 22.5 Å². The molecule has 0 atom stereocenters. The third kappa shape index (κ3) is 2.76. The minimum atomic E-state index is -0.430. The predicted octanol–water partition coefficient (Wildman–Crippen LogP) is 1.87. The van der Waals surface area contributed by atoms with Gasteiger partial charge in [-0.05, 0) is 37.7 Å². The first-order valence-electron chi connectivity index (χ1n) is 6.03. The fourth-order valence-electron chi connectivity index (χ4n) is 2.03. The van der Waals surface area contributed by atoms with Crippen molar-refractivity contribution >= 4 is 11.5 Å². The molecule has 2 N–H and O–H groups in total. The van der Waals surface area contributed by atoms with E-state index in [1.165, 1.54) is 6.07 Å². The maximum absolute atomic E-state index is 10.9. The Morgan fingerprint density at radius 3 is 2.83 bits per heavy atom. The summed E-state index contributed by atoms with van der Waals surface area (Å²) in [5.74, 6) is 0.323. The first-order valence-corrected chi connectivity index (χ1v) is 6.03. The van der Waals surface area contributed by atoms with Crippen LogP contribution in [0.1, 0.15) is 25.0 Å². The number of aromatic nitrogens is 1. The third-order valence-corrected chi connectivity index (χ3v) is 3.44. The largest absolute Gasteiger partial charge is 0.396 e. The van der Waals surface area contributed by atoms with Crippen molar-refractivity contribution in [3.8, 4) is 0 Å². The second-order valence-corrected chi connectivity index (χ2v) is 4.90. The van der Waals surface area contributed by atoms with Crippen molar-refractivity contribution in [1.82, 2.24) is 4.98 Å². The van der Waals surface area contributed by atoms with E-state index in [1.54, 1.807) is 13.0 Å². The van der Waals surface area contributed by atoms with Crippen molar-refractivity contribution in [2.75, 3.05) is 18.5 Å². The average Bonchev–Trinajstić information content (AvgIpc) is 3.07. The van der Waals surface area contributed by atoms with Crippen LogP contribution in [0.4, 0.5) is 11.5 Å². The molecule has 1 fully saturated rings. The van der Waals surface area contributed by atoms with E-state index in [0.29, 0.717) is 12.4 Å². The summed E-state index contributed by atoms with van der Waals surface area (Å²) in [6.07, 6.45) is 2.85. The molecule has 18 heavy (non-hydrogen) atoms. The lowest BCUT2D eigenvalue weighted by molar-refractivity contribution is -0.384. The Balaban J connectivity index is 2.08. The zero-order chi connectivity index (χ0) is 13.2. The number of anilines is 1. The molecular formula is C12H17N3O3. The molecule has 2 rings (SSSR count). The molecule has 98 valence electrons. The Morgan fingerprint density at radius 1 is 1.56 bits per heavy atom. The van der Waals surface area contributed by atoms with Gasteiger partial charge in [0, 0.05) is 24.9 Å². The lowest BCUT2D eigenvalue weighted by Gasteiger charge is -2.15. The molecule has 0 aromatic carbocycles. The minimum Gasteiger partial charge on any atom is -0.396 e. The summed E-state index contributed by atoms with van der Waals surface area (Å²) in [4.78, 5) is 14.6. The van der Waals surface area contributed by atoms with Gasteiger partial charge in [0.2, 0.25) is 5.82 Å². The highest BCUT2D eigenvalue weighted by molar-refractivity contribution is 5.56. The minimum absolute atomic E-state index is 0.000369. The van der Waals surface area contributed by atoms with Crippen LogP contribution in [0.15, 0.2) is 12.1 Å². The van der Waals surface area contributed by atoms with E-state index in [1.807, 2.05) is 0 Å². The van der Waals surface area contributed by atoms with Gasteiger partial charge < -0.3 is 10.4 Å². The van der Waals surface area contributed by atoms with Gasteiger partial charge in [-0.25, -0.2) is 4.98 Å². The van der Waals surface area contributed by atoms with E-state index in [2.05, 4.69) is 10.3 Å². The van der Waals surface area contributed by atoms with Gasteiger partial charge in [0.05, 0.1) is 4.92 Å². The summed E-state index contributed by atoms with van der Waals surface area (Å²) >= 11 is 0. The van der Waals surface area contributed by atoms with E-state index >= 15 is 0 Å². The van der Waals surface area contributed by atoms with E-state index < -0.39 is 4.92 Å². The number of aliphatic hydroxyl groups excluding tert-OH is 1. The molecule has 1 saturated carbocycles. The molecule has 6 heteroatoms. The fraction of sp³-hybridized carbons (Fsp3) is 0.583. The normalized spacial score (nSPS) is 16.3. The topological polar surface area (TPSA) is 88.3 Å². The number of nitro groups is 1. The lowest BCUT2D eigenvalue weighted by atomic mass is 10.0. The number of aryl methyl sites for hydroxylation is 1. The van der Waals surface area contributed by atoms with Gasteiger partial charge in [-0.2, -0.15) is 0 Å². The monoisotopic (exact) mass is 251 g/mol. The molecule has 0 amide bonds. The van der Waals surface area contributed by atoms with Crippen LogP contribution in [0.2, 0.25) is 0 Å². The number of pyridine rings is 1. The van der Waals surface area contributed by atoms with Crippen molar-refractivity contribution in [2.45, 2.75) is 26.2 Å². The quantitative estimate of drug-likeness (QED) is 0.595. The molecule has 1 heterocycles. The van der Waals surface area contributed by atoms with E-state index in [-0.39, 0.29) is 17.7 Å². The van der Waals surface area contributed by atoms with Crippen LogP contribution in [-0.2, 0) is 0 Å². The molecule has 6 nitrogen and oxygen atoms in total. The number of hydrogen-bond donors (Lipinski definition) is 2. The molecule has 0 saturated heterocycles. The SMILES string of the molecule is Cc1ccc([N+](=O)[O-])c(NCC2(CCO)CC2)n1. The number of aliphatic hydroxyl groups is 1. The van der Waals surface area contributed by atoms with Crippen LogP contribution < -0.4 is 5.32 Å². The molecule has 0 bridgehead atoms. The zero-order valence-corrected chi connectivity index (χ0v) is 10.3. The van der Waals surface area contributed by atoms with Crippen LogP contribution in [-0.4, -0.2) is 28.2 Å². The van der Waals surface area contributed by atoms with E-state index in [4.69, 9.17) is 5.11 Å². The molecule has 1 aromatic heterocycles. The van der Waals surface area contributed by atoms with E-state index in [9.17, 15) is 10.1 Å². The van der Waals surface area contributed by atoms with Gasteiger partial charge in [-0.3, -0.25) is 10.1 Å². The molecule has 1 aliphatic rings. The second kappa shape index (κ2) is 4.89. The van der Waals surface area contributed by atoms with E-state index in [0.717, 1.165) is 25.0 Å². The van der Waals surface area contributed by atoms with Crippen molar-refractivity contribution in [3.63, 3.8) is 0 Å². The van der Waals surface area contributed by atoms with Gasteiger partial charge in [0.25, 0.3) is 0 Å². The van der Waals surface area contributed by atoms with Gasteiger partial charge in [-0.1, -0.05) is 0 Å².